The van der Waals surface area contributed by atoms with Gasteiger partial charge in [-0.1, -0.05) is 11.1 Å². The van der Waals surface area contributed by atoms with E-state index in [0.717, 1.165) is 23.1 Å². The van der Waals surface area contributed by atoms with Gasteiger partial charge >= 0.3 is 0 Å². The summed E-state index contributed by atoms with van der Waals surface area (Å²) in [4.78, 5) is 0. The maximum Gasteiger partial charge on any atom is 0.179 e. The lowest BCUT2D eigenvalue weighted by Crippen LogP contribution is -2.43. The van der Waals surface area contributed by atoms with Crippen molar-refractivity contribution in [3.63, 3.8) is 0 Å². The molecule has 6 heteroatoms. The summed E-state index contributed by atoms with van der Waals surface area (Å²) < 4.78 is 0. The number of nitriles is 6. The molecule has 3 aliphatic rings. The maximum absolute atomic E-state index is 9.58. The van der Waals surface area contributed by atoms with Gasteiger partial charge in [-0.05, 0) is 24.3 Å². The molecular weight excluding hydrogens is 300 g/mol. The van der Waals surface area contributed by atoms with E-state index in [9.17, 15) is 21.0 Å². The summed E-state index contributed by atoms with van der Waals surface area (Å²) in [6.45, 7) is 0. The van der Waals surface area contributed by atoms with E-state index >= 15 is 0 Å². The molecule has 3 rings (SSSR count). The van der Waals surface area contributed by atoms with Gasteiger partial charge in [-0.2, -0.15) is 31.6 Å². The number of nitrogens with zero attached hydrogens (tertiary/aromatic N) is 6. The number of hydrogen-bond donors (Lipinski definition) is 0. The molecule has 1 fully saturated rings. The molecular formula is C18H10N6. The summed E-state index contributed by atoms with van der Waals surface area (Å²) in [5.74, 6) is -0.0241. The van der Waals surface area contributed by atoms with E-state index < -0.39 is 10.8 Å². The average Bonchev–Trinajstić information content (AvgIpc) is 3.20. The lowest BCUT2D eigenvalue weighted by molar-refractivity contribution is 0.263. The van der Waals surface area contributed by atoms with E-state index in [4.69, 9.17) is 10.5 Å². The van der Waals surface area contributed by atoms with Crippen molar-refractivity contribution in [2.45, 2.75) is 25.7 Å². The highest BCUT2D eigenvalue weighted by atomic mass is 14.6. The van der Waals surface area contributed by atoms with Gasteiger partial charge in [0.2, 0.25) is 0 Å². The Morgan fingerprint density at radius 2 is 1.29 bits per heavy atom. The van der Waals surface area contributed by atoms with Crippen molar-refractivity contribution >= 4 is 0 Å². The van der Waals surface area contributed by atoms with E-state index in [1.54, 1.807) is 0 Å². The fourth-order valence-electron chi connectivity index (χ4n) is 4.42. The predicted molar refractivity (Wildman–Crippen MR) is 78.0 cm³/mol. The normalized spacial score (nSPS) is 27.5. The molecule has 0 heterocycles. The molecule has 1 saturated carbocycles. The Morgan fingerprint density at radius 1 is 0.792 bits per heavy atom. The van der Waals surface area contributed by atoms with Gasteiger partial charge in [-0.15, -0.1) is 0 Å². The monoisotopic (exact) mass is 310 g/mol. The van der Waals surface area contributed by atoms with Crippen molar-refractivity contribution in [1.29, 1.82) is 31.6 Å². The largest absolute Gasteiger partial charge is 0.196 e. The van der Waals surface area contributed by atoms with E-state index in [1.807, 2.05) is 36.4 Å². The molecule has 112 valence electrons. The third-order valence-corrected chi connectivity index (χ3v) is 5.68. The molecule has 2 bridgehead atoms. The standard InChI is InChI=1S/C18H10N6/c19-5-12(6-20)13-1-11-2-14(13)16-4-18(9-23,10-24)17(7-21,8-22)3-15(11)16/h11,14H,1-4H2. The number of hydrogen-bond acceptors (Lipinski definition) is 6. The molecule has 0 aromatic carbocycles. The molecule has 24 heavy (non-hydrogen) atoms. The SMILES string of the molecule is N#CC(C#N)=C1CC2CC1C1=C2CC(C#N)(C#N)C(C#N)(C#N)C1. The summed E-state index contributed by atoms with van der Waals surface area (Å²) in [5, 5.41) is 56.5. The Balaban J connectivity index is 2.18. The van der Waals surface area contributed by atoms with Crippen LogP contribution in [-0.4, -0.2) is 0 Å². The topological polar surface area (TPSA) is 143 Å². The van der Waals surface area contributed by atoms with Crippen molar-refractivity contribution in [1.82, 2.24) is 0 Å². The molecule has 0 amide bonds. The first kappa shape index (κ1) is 15.3. The number of rotatable bonds is 0. The van der Waals surface area contributed by atoms with E-state index in [0.29, 0.717) is 6.42 Å². The second kappa shape index (κ2) is 4.97. The second-order valence-corrected chi connectivity index (χ2v) is 6.48. The fraction of sp³-hybridized carbons (Fsp3) is 0.444. The highest BCUT2D eigenvalue weighted by molar-refractivity contribution is 5.54. The molecule has 2 unspecified atom stereocenters. The average molecular weight is 310 g/mol. The van der Waals surface area contributed by atoms with Gasteiger partial charge in [0.05, 0.1) is 24.3 Å². The van der Waals surface area contributed by atoms with Crippen LogP contribution in [0.15, 0.2) is 22.3 Å². The smallest absolute Gasteiger partial charge is 0.179 e. The minimum absolute atomic E-state index is 0.0330. The van der Waals surface area contributed by atoms with Crippen LogP contribution in [0.3, 0.4) is 0 Å². The lowest BCUT2D eigenvalue weighted by atomic mass is 9.55. The van der Waals surface area contributed by atoms with Gasteiger partial charge in [0.1, 0.15) is 17.7 Å². The minimum atomic E-state index is -1.72. The van der Waals surface area contributed by atoms with Crippen molar-refractivity contribution in [3.05, 3.63) is 22.3 Å². The maximum atomic E-state index is 9.58. The molecule has 6 nitrogen and oxygen atoms in total. The van der Waals surface area contributed by atoms with Gasteiger partial charge in [-0.25, -0.2) is 0 Å². The molecule has 0 N–H and O–H groups in total. The van der Waals surface area contributed by atoms with Gasteiger partial charge < -0.3 is 0 Å². The van der Waals surface area contributed by atoms with Crippen LogP contribution in [0.4, 0.5) is 0 Å². The molecule has 0 aromatic rings. The van der Waals surface area contributed by atoms with Gasteiger partial charge in [0, 0.05) is 18.8 Å². The van der Waals surface area contributed by atoms with Crippen LogP contribution < -0.4 is 0 Å². The van der Waals surface area contributed by atoms with Crippen LogP contribution in [-0.2, 0) is 0 Å². The van der Waals surface area contributed by atoms with Gasteiger partial charge in [0.25, 0.3) is 0 Å². The van der Waals surface area contributed by atoms with E-state index in [-0.39, 0.29) is 30.3 Å². The molecule has 0 aliphatic heterocycles. The Hall–Kier alpha value is -3.58. The van der Waals surface area contributed by atoms with E-state index in [2.05, 4.69) is 0 Å². The summed E-state index contributed by atoms with van der Waals surface area (Å²) in [7, 11) is 0. The summed E-state index contributed by atoms with van der Waals surface area (Å²) in [6.07, 6.45) is 1.44. The minimum Gasteiger partial charge on any atom is -0.196 e. The zero-order chi connectivity index (χ0) is 17.5. The van der Waals surface area contributed by atoms with Crippen molar-refractivity contribution in [3.8, 4) is 36.4 Å². The lowest BCUT2D eigenvalue weighted by Gasteiger charge is -2.40. The quantitative estimate of drug-likeness (QED) is 0.496. The Morgan fingerprint density at radius 3 is 1.75 bits per heavy atom. The predicted octanol–water partition coefficient (Wildman–Crippen LogP) is 2.53. The second-order valence-electron chi connectivity index (χ2n) is 6.48. The van der Waals surface area contributed by atoms with Crippen LogP contribution in [0.25, 0.3) is 0 Å². The molecule has 0 radical (unpaired) electrons. The fourth-order valence-corrected chi connectivity index (χ4v) is 4.42. The zero-order valence-corrected chi connectivity index (χ0v) is 12.7. The molecule has 2 atom stereocenters. The van der Waals surface area contributed by atoms with Gasteiger partial charge in [0.15, 0.2) is 10.8 Å². The van der Waals surface area contributed by atoms with Crippen LogP contribution >= 0.6 is 0 Å². The first-order valence-corrected chi connectivity index (χ1v) is 7.45. The third kappa shape index (κ3) is 1.58. The Kier molecular flexibility index (Phi) is 3.17. The van der Waals surface area contributed by atoms with Gasteiger partial charge in [-0.3, -0.25) is 0 Å². The van der Waals surface area contributed by atoms with Crippen LogP contribution in [0.1, 0.15) is 25.7 Å². The summed E-state index contributed by atoms with van der Waals surface area (Å²) >= 11 is 0. The zero-order valence-electron chi connectivity index (χ0n) is 12.7. The first-order valence-electron chi connectivity index (χ1n) is 7.45. The summed E-state index contributed by atoms with van der Waals surface area (Å²) in [5.41, 5.74) is -0.654. The number of allylic oxidation sites excluding steroid dienone is 4. The first-order chi connectivity index (χ1) is 11.5. The number of fused-ring (bicyclic) bond motifs is 4. The Labute approximate surface area is 139 Å². The molecule has 0 saturated heterocycles. The van der Waals surface area contributed by atoms with Crippen LogP contribution in [0.5, 0.6) is 0 Å². The summed E-state index contributed by atoms with van der Waals surface area (Å²) in [6, 6.07) is 11.5. The van der Waals surface area contributed by atoms with Crippen LogP contribution in [0, 0.1) is 90.7 Å². The molecule has 3 aliphatic carbocycles. The third-order valence-electron chi connectivity index (χ3n) is 5.68. The van der Waals surface area contributed by atoms with E-state index in [1.165, 1.54) is 0 Å². The highest BCUT2D eigenvalue weighted by Gasteiger charge is 2.61. The van der Waals surface area contributed by atoms with Crippen LogP contribution in [0.2, 0.25) is 0 Å². The molecule has 0 spiro atoms. The van der Waals surface area contributed by atoms with Crippen molar-refractivity contribution < 1.29 is 0 Å². The Bertz CT molecular complexity index is 910. The molecule has 0 aromatic heterocycles. The van der Waals surface area contributed by atoms with Crippen molar-refractivity contribution in [2.75, 3.05) is 0 Å². The van der Waals surface area contributed by atoms with Crippen molar-refractivity contribution in [2.24, 2.45) is 22.7 Å². The highest BCUT2D eigenvalue weighted by Crippen LogP contribution is 2.63.